The Morgan fingerprint density at radius 3 is 2.97 bits per heavy atom. The third-order valence-electron chi connectivity index (χ3n) is 6.45. The van der Waals surface area contributed by atoms with E-state index in [0.29, 0.717) is 24.0 Å². The molecule has 0 bridgehead atoms. The highest BCUT2D eigenvalue weighted by Crippen LogP contribution is 2.34. The molecule has 5 heterocycles. The highest BCUT2D eigenvalue weighted by molar-refractivity contribution is 5.91. The van der Waals surface area contributed by atoms with Crippen molar-refractivity contribution in [1.82, 2.24) is 30.1 Å². The molecule has 1 saturated heterocycles. The zero-order chi connectivity index (χ0) is 21.5. The zero-order valence-electron chi connectivity index (χ0n) is 18.1. The van der Waals surface area contributed by atoms with Crippen molar-refractivity contribution in [2.24, 2.45) is 5.92 Å². The van der Waals surface area contributed by atoms with Crippen LogP contribution in [0.4, 0.5) is 11.4 Å². The van der Waals surface area contributed by atoms with Gasteiger partial charge in [0.15, 0.2) is 5.75 Å². The number of piperidine rings is 1. The summed E-state index contributed by atoms with van der Waals surface area (Å²) in [6, 6.07) is 10.3. The van der Waals surface area contributed by atoms with Crippen molar-refractivity contribution < 1.29 is 4.74 Å². The van der Waals surface area contributed by atoms with Crippen molar-refractivity contribution in [2.75, 3.05) is 50.1 Å². The van der Waals surface area contributed by atoms with Crippen LogP contribution >= 0.6 is 0 Å². The van der Waals surface area contributed by atoms with E-state index in [1.54, 1.807) is 10.7 Å². The monoisotopic (exact) mass is 430 g/mol. The first-order valence-corrected chi connectivity index (χ1v) is 11.2. The number of rotatable bonds is 4. The van der Waals surface area contributed by atoms with Gasteiger partial charge in [0.1, 0.15) is 18.0 Å². The fourth-order valence-corrected chi connectivity index (χ4v) is 4.55. The number of ether oxygens (including phenoxy) is 1. The highest BCUT2D eigenvalue weighted by atomic mass is 16.5. The number of anilines is 2. The van der Waals surface area contributed by atoms with Crippen LogP contribution in [0, 0.1) is 5.92 Å². The highest BCUT2D eigenvalue weighted by Gasteiger charge is 2.23. The lowest BCUT2D eigenvalue weighted by molar-refractivity contribution is 0.312. The maximum absolute atomic E-state index is 5.90. The molecule has 0 atom stereocenters. The normalized spacial score (nSPS) is 16.8. The molecular formula is C23H26N8O. The molecule has 2 aliphatic rings. The van der Waals surface area contributed by atoms with Crippen molar-refractivity contribution in [3.05, 3.63) is 36.5 Å². The second-order valence-corrected chi connectivity index (χ2v) is 8.54. The number of para-hydroxylation sites is 1. The van der Waals surface area contributed by atoms with Crippen LogP contribution in [0.5, 0.6) is 5.75 Å². The molecule has 0 spiro atoms. The molecule has 32 heavy (non-hydrogen) atoms. The molecule has 0 unspecified atom stereocenters. The van der Waals surface area contributed by atoms with Crippen LogP contribution in [-0.4, -0.2) is 64.6 Å². The zero-order valence-corrected chi connectivity index (χ0v) is 18.1. The first-order chi connectivity index (χ1) is 15.8. The number of pyridine rings is 1. The summed E-state index contributed by atoms with van der Waals surface area (Å²) in [5, 5.41) is 21.5. The Kier molecular flexibility index (Phi) is 4.75. The third-order valence-corrected chi connectivity index (χ3v) is 6.45. The van der Waals surface area contributed by atoms with Gasteiger partial charge in [0.25, 0.3) is 0 Å². The minimum Gasteiger partial charge on any atom is -0.486 e. The van der Waals surface area contributed by atoms with Gasteiger partial charge >= 0.3 is 0 Å². The molecule has 9 nitrogen and oxygen atoms in total. The van der Waals surface area contributed by atoms with Crippen molar-refractivity contribution in [1.29, 1.82) is 0 Å². The lowest BCUT2D eigenvalue weighted by Gasteiger charge is -2.26. The Morgan fingerprint density at radius 1 is 1.16 bits per heavy atom. The van der Waals surface area contributed by atoms with E-state index in [0.717, 1.165) is 59.9 Å². The average Bonchev–Trinajstić information content (AvgIpc) is 3.28. The third kappa shape index (κ3) is 3.29. The van der Waals surface area contributed by atoms with Crippen LogP contribution in [0.3, 0.4) is 0 Å². The predicted octanol–water partition coefficient (Wildman–Crippen LogP) is 2.58. The van der Waals surface area contributed by atoms with Gasteiger partial charge < -0.3 is 20.3 Å². The number of aromatic nitrogens is 5. The van der Waals surface area contributed by atoms with E-state index in [2.05, 4.69) is 55.1 Å². The molecule has 0 amide bonds. The summed E-state index contributed by atoms with van der Waals surface area (Å²) in [6.45, 7) is 4.59. The van der Waals surface area contributed by atoms with Gasteiger partial charge in [-0.3, -0.25) is 0 Å². The lowest BCUT2D eigenvalue weighted by atomic mass is 9.98. The van der Waals surface area contributed by atoms with Crippen LogP contribution in [-0.2, 0) is 0 Å². The van der Waals surface area contributed by atoms with Crippen LogP contribution < -0.4 is 20.3 Å². The first-order valence-electron chi connectivity index (χ1n) is 11.2. The molecule has 1 fully saturated rings. The molecule has 164 valence electrons. The van der Waals surface area contributed by atoms with Gasteiger partial charge in [-0.1, -0.05) is 18.2 Å². The maximum Gasteiger partial charge on any atom is 0.222 e. The second-order valence-electron chi connectivity index (χ2n) is 8.54. The van der Waals surface area contributed by atoms with E-state index in [1.807, 2.05) is 13.1 Å². The molecule has 3 aromatic heterocycles. The minimum atomic E-state index is 0.606. The number of fused-ring (bicyclic) bond motifs is 4. The summed E-state index contributed by atoms with van der Waals surface area (Å²) in [7, 11) is 2.03. The average molecular weight is 431 g/mol. The number of hydrogen-bond acceptors (Lipinski definition) is 8. The fourth-order valence-electron chi connectivity index (χ4n) is 4.55. The molecule has 0 saturated carbocycles. The van der Waals surface area contributed by atoms with E-state index < -0.39 is 0 Å². The summed E-state index contributed by atoms with van der Waals surface area (Å²) in [5.41, 5.74) is 4.26. The Bertz CT molecular complexity index is 1280. The molecule has 2 aliphatic heterocycles. The molecule has 6 rings (SSSR count). The second kappa shape index (κ2) is 7.90. The molecule has 0 radical (unpaired) electrons. The fraction of sp³-hybridized carbons (Fsp3) is 0.391. The number of nitrogens with one attached hydrogen (secondary N) is 2. The van der Waals surface area contributed by atoms with E-state index in [9.17, 15) is 0 Å². The summed E-state index contributed by atoms with van der Waals surface area (Å²) in [6.07, 6.45) is 4.21. The van der Waals surface area contributed by atoms with Crippen LogP contribution in [0.15, 0.2) is 36.5 Å². The molecule has 1 aromatic carbocycles. The molecule has 2 N–H and O–H groups in total. The molecule has 0 aliphatic carbocycles. The molecule has 4 aromatic rings. The Hall–Kier alpha value is -3.46. The van der Waals surface area contributed by atoms with Crippen molar-refractivity contribution in [3.63, 3.8) is 0 Å². The van der Waals surface area contributed by atoms with Gasteiger partial charge in [0.05, 0.1) is 23.9 Å². The number of likely N-dealkylation sites (N-methyl/N-ethyl adjacent to an activating group) is 1. The summed E-state index contributed by atoms with van der Waals surface area (Å²) in [5.74, 6) is 2.01. The Morgan fingerprint density at radius 2 is 2.06 bits per heavy atom. The van der Waals surface area contributed by atoms with Gasteiger partial charge in [0.2, 0.25) is 11.5 Å². The van der Waals surface area contributed by atoms with Crippen molar-refractivity contribution in [3.8, 4) is 17.3 Å². The van der Waals surface area contributed by atoms with Gasteiger partial charge in [0, 0.05) is 19.0 Å². The summed E-state index contributed by atoms with van der Waals surface area (Å²) in [4.78, 5) is 7.09. The smallest absolute Gasteiger partial charge is 0.222 e. The topological polar surface area (TPSA) is 92.5 Å². The van der Waals surface area contributed by atoms with E-state index in [4.69, 9.17) is 9.72 Å². The number of benzene rings is 1. The minimum absolute atomic E-state index is 0.606. The van der Waals surface area contributed by atoms with Gasteiger partial charge in [-0.25, -0.2) is 4.98 Å². The molecule has 9 heteroatoms. The van der Waals surface area contributed by atoms with Crippen molar-refractivity contribution >= 4 is 27.9 Å². The molecular weight excluding hydrogens is 404 g/mol. The van der Waals surface area contributed by atoms with Gasteiger partial charge in [-0.05, 0) is 44.0 Å². The Balaban J connectivity index is 1.37. The first kappa shape index (κ1) is 19.2. The predicted molar refractivity (Wildman–Crippen MR) is 124 cm³/mol. The van der Waals surface area contributed by atoms with Gasteiger partial charge in [-0.15, -0.1) is 10.2 Å². The number of hydrogen-bond donors (Lipinski definition) is 2. The standard InChI is InChI=1S/C23H26N8O/c1-30-11-12-32-21-19(30)14-26-31-22(28-29-23(21)31)18-6-5-16-3-2-4-17(20(16)27-18)25-13-15-7-9-24-10-8-15/h2-6,14-15,24-25H,7-13H2,1H3. The van der Waals surface area contributed by atoms with E-state index >= 15 is 0 Å². The quantitative estimate of drug-likeness (QED) is 0.510. The number of nitrogens with zero attached hydrogens (tertiary/aromatic N) is 6. The van der Waals surface area contributed by atoms with Crippen molar-refractivity contribution in [2.45, 2.75) is 12.8 Å². The lowest BCUT2D eigenvalue weighted by Crippen LogP contribution is -2.31. The largest absolute Gasteiger partial charge is 0.486 e. The van der Waals surface area contributed by atoms with Crippen LogP contribution in [0.1, 0.15) is 12.8 Å². The maximum atomic E-state index is 5.90. The van der Waals surface area contributed by atoms with Crippen LogP contribution in [0.2, 0.25) is 0 Å². The van der Waals surface area contributed by atoms with Crippen LogP contribution in [0.25, 0.3) is 28.1 Å². The van der Waals surface area contributed by atoms with Gasteiger partial charge in [-0.2, -0.15) is 9.61 Å². The summed E-state index contributed by atoms with van der Waals surface area (Å²) < 4.78 is 7.61. The summed E-state index contributed by atoms with van der Waals surface area (Å²) >= 11 is 0. The van der Waals surface area contributed by atoms with E-state index in [1.165, 1.54) is 12.8 Å². The Labute approximate surface area is 185 Å². The van der Waals surface area contributed by atoms with E-state index in [-0.39, 0.29) is 0 Å². The SMILES string of the molecule is CN1CCOc2c1cnn1c(-c3ccc4cccc(NCC5CCNCC5)c4n3)nnc21.